The van der Waals surface area contributed by atoms with E-state index in [0.29, 0.717) is 13.2 Å². The molecule has 0 aromatic rings. The predicted molar refractivity (Wildman–Crippen MR) is 35.8 cm³/mol. The summed E-state index contributed by atoms with van der Waals surface area (Å²) in [5, 5.41) is 16.5. The summed E-state index contributed by atoms with van der Waals surface area (Å²) in [6.07, 6.45) is 1.56. The normalized spacial score (nSPS) is 10.6. The van der Waals surface area contributed by atoms with E-state index < -0.39 is 7.12 Å². The highest BCUT2D eigenvalue weighted by atomic mass is 16.5. The fourth-order valence-electron chi connectivity index (χ4n) is 0.363. The first kappa shape index (κ1) is 8.68. The van der Waals surface area contributed by atoms with Crippen LogP contribution in [0.4, 0.5) is 0 Å². The Morgan fingerprint density at radius 2 is 2.22 bits per heavy atom. The second kappa shape index (κ2) is 5.82. The van der Waals surface area contributed by atoms with Crippen molar-refractivity contribution in [2.75, 3.05) is 13.2 Å². The molecule has 0 aromatic carbocycles. The molecule has 0 saturated carbocycles. The van der Waals surface area contributed by atoms with Crippen molar-refractivity contribution in [3.05, 3.63) is 12.1 Å². The fraction of sp³-hybridized carbons (Fsp3) is 0.600. The van der Waals surface area contributed by atoms with E-state index in [0.717, 1.165) is 0 Å². The van der Waals surface area contributed by atoms with Crippen LogP contribution in [0.15, 0.2) is 12.1 Å². The molecule has 0 aliphatic carbocycles. The Morgan fingerprint density at radius 1 is 1.56 bits per heavy atom. The monoisotopic (exact) mass is 130 g/mol. The fourth-order valence-corrected chi connectivity index (χ4v) is 0.363. The van der Waals surface area contributed by atoms with Crippen LogP contribution in [-0.4, -0.2) is 30.4 Å². The number of ether oxygens (including phenoxy) is 1. The van der Waals surface area contributed by atoms with Gasteiger partial charge in [0.25, 0.3) is 0 Å². The molecule has 0 unspecified atom stereocenters. The van der Waals surface area contributed by atoms with Crippen molar-refractivity contribution in [3.8, 4) is 0 Å². The summed E-state index contributed by atoms with van der Waals surface area (Å²) in [6, 6.07) is 0. The third-order valence-electron chi connectivity index (χ3n) is 0.726. The van der Waals surface area contributed by atoms with Gasteiger partial charge in [0.1, 0.15) is 0 Å². The van der Waals surface area contributed by atoms with Gasteiger partial charge in [-0.3, -0.25) is 0 Å². The Balaban J connectivity index is 3.04. The summed E-state index contributed by atoms with van der Waals surface area (Å²) < 4.78 is 4.87. The lowest BCUT2D eigenvalue weighted by Crippen LogP contribution is -2.06. The van der Waals surface area contributed by atoms with E-state index in [1.165, 1.54) is 5.98 Å². The standard InChI is InChI=1S/C5H11BO3/c1-2-9-5-3-4-6(7)8/h3-4,7-8H,2,5H2,1H3/b4-3+. The van der Waals surface area contributed by atoms with E-state index in [2.05, 4.69) is 0 Å². The quantitative estimate of drug-likeness (QED) is 0.401. The molecule has 0 rings (SSSR count). The lowest BCUT2D eigenvalue weighted by Gasteiger charge is -1.91. The minimum absolute atomic E-state index is 0.439. The van der Waals surface area contributed by atoms with Crippen molar-refractivity contribution in [2.24, 2.45) is 0 Å². The van der Waals surface area contributed by atoms with Crippen LogP contribution in [0.2, 0.25) is 0 Å². The van der Waals surface area contributed by atoms with Gasteiger partial charge in [0.2, 0.25) is 0 Å². The minimum atomic E-state index is -1.36. The van der Waals surface area contributed by atoms with Gasteiger partial charge in [0.15, 0.2) is 0 Å². The lowest BCUT2D eigenvalue weighted by molar-refractivity contribution is 0.177. The molecule has 52 valence electrons. The molecule has 4 heteroatoms. The van der Waals surface area contributed by atoms with Crippen LogP contribution >= 0.6 is 0 Å². The first-order chi connectivity index (χ1) is 4.27. The van der Waals surface area contributed by atoms with Crippen LogP contribution in [0, 0.1) is 0 Å². The molecule has 0 aliphatic heterocycles. The van der Waals surface area contributed by atoms with Crippen LogP contribution in [0.5, 0.6) is 0 Å². The zero-order chi connectivity index (χ0) is 7.11. The maximum absolute atomic E-state index is 8.26. The van der Waals surface area contributed by atoms with Crippen molar-refractivity contribution in [1.29, 1.82) is 0 Å². The molecular formula is C5H11BO3. The molecule has 2 N–H and O–H groups in total. The minimum Gasteiger partial charge on any atom is -0.424 e. The third kappa shape index (κ3) is 7.68. The highest BCUT2D eigenvalue weighted by molar-refractivity contribution is 6.47. The molecule has 0 radical (unpaired) electrons. The van der Waals surface area contributed by atoms with E-state index in [1.54, 1.807) is 6.08 Å². The van der Waals surface area contributed by atoms with Gasteiger partial charge in [-0.05, 0) is 6.92 Å². The Hall–Kier alpha value is -0.315. The topological polar surface area (TPSA) is 49.7 Å². The first-order valence-electron chi connectivity index (χ1n) is 2.88. The molecule has 3 nitrogen and oxygen atoms in total. The number of hydrogen-bond acceptors (Lipinski definition) is 3. The molecule has 0 bridgehead atoms. The molecule has 0 saturated heterocycles. The van der Waals surface area contributed by atoms with Crippen molar-refractivity contribution < 1.29 is 14.8 Å². The van der Waals surface area contributed by atoms with Crippen molar-refractivity contribution in [1.82, 2.24) is 0 Å². The molecule has 0 amide bonds. The maximum atomic E-state index is 8.26. The zero-order valence-electron chi connectivity index (χ0n) is 5.45. The summed E-state index contributed by atoms with van der Waals surface area (Å²) in [5.74, 6) is 1.26. The van der Waals surface area contributed by atoms with Gasteiger partial charge in [0, 0.05) is 6.61 Å². The van der Waals surface area contributed by atoms with Gasteiger partial charge in [0.05, 0.1) is 6.61 Å². The van der Waals surface area contributed by atoms with Gasteiger partial charge in [-0.1, -0.05) is 12.1 Å². The highest BCUT2D eigenvalue weighted by Crippen LogP contribution is 1.77. The molecule has 9 heavy (non-hydrogen) atoms. The van der Waals surface area contributed by atoms with Gasteiger partial charge in [-0.25, -0.2) is 0 Å². The summed E-state index contributed by atoms with van der Waals surface area (Å²) in [7, 11) is -1.36. The highest BCUT2D eigenvalue weighted by Gasteiger charge is 1.95. The average molecular weight is 130 g/mol. The van der Waals surface area contributed by atoms with Crippen LogP contribution in [0.3, 0.4) is 0 Å². The Kier molecular flexibility index (Phi) is 5.61. The average Bonchev–Trinajstić information content (AvgIpc) is 1.80. The molecule has 0 aromatic heterocycles. The van der Waals surface area contributed by atoms with E-state index in [9.17, 15) is 0 Å². The molecule has 0 spiro atoms. The van der Waals surface area contributed by atoms with Gasteiger partial charge < -0.3 is 14.8 Å². The van der Waals surface area contributed by atoms with Gasteiger partial charge >= 0.3 is 7.12 Å². The van der Waals surface area contributed by atoms with Crippen LogP contribution in [-0.2, 0) is 4.74 Å². The smallest absolute Gasteiger partial charge is 0.424 e. The molecular weight excluding hydrogens is 119 g/mol. The van der Waals surface area contributed by atoms with Gasteiger partial charge in [-0.15, -0.1) is 0 Å². The van der Waals surface area contributed by atoms with Crippen molar-refractivity contribution >= 4 is 7.12 Å². The predicted octanol–water partition coefficient (Wildman–Crippen LogP) is -0.409. The summed E-state index contributed by atoms with van der Waals surface area (Å²) in [6.45, 7) is 2.96. The van der Waals surface area contributed by atoms with Crippen LogP contribution in [0.25, 0.3) is 0 Å². The zero-order valence-corrected chi connectivity index (χ0v) is 5.45. The summed E-state index contributed by atoms with van der Waals surface area (Å²) >= 11 is 0. The van der Waals surface area contributed by atoms with Crippen LogP contribution in [0.1, 0.15) is 6.92 Å². The third-order valence-corrected chi connectivity index (χ3v) is 0.726. The molecule has 0 atom stereocenters. The number of hydrogen-bond donors (Lipinski definition) is 2. The summed E-state index contributed by atoms with van der Waals surface area (Å²) in [4.78, 5) is 0. The Bertz CT molecular complexity index is 82.3. The van der Waals surface area contributed by atoms with E-state index in [1.807, 2.05) is 6.92 Å². The van der Waals surface area contributed by atoms with E-state index in [4.69, 9.17) is 14.8 Å². The maximum Gasteiger partial charge on any atom is 0.480 e. The molecule has 0 aliphatic rings. The van der Waals surface area contributed by atoms with E-state index in [-0.39, 0.29) is 0 Å². The Morgan fingerprint density at radius 3 is 2.67 bits per heavy atom. The molecule has 0 heterocycles. The largest absolute Gasteiger partial charge is 0.480 e. The SMILES string of the molecule is CCOC/C=C/B(O)O. The summed E-state index contributed by atoms with van der Waals surface area (Å²) in [5.41, 5.74) is 0. The second-order valence-corrected chi connectivity index (χ2v) is 1.50. The van der Waals surface area contributed by atoms with Crippen LogP contribution < -0.4 is 0 Å². The van der Waals surface area contributed by atoms with Crippen molar-refractivity contribution in [3.63, 3.8) is 0 Å². The number of rotatable bonds is 4. The Labute approximate surface area is 55.1 Å². The van der Waals surface area contributed by atoms with Gasteiger partial charge in [-0.2, -0.15) is 0 Å². The first-order valence-corrected chi connectivity index (χ1v) is 2.88. The van der Waals surface area contributed by atoms with Crippen molar-refractivity contribution in [2.45, 2.75) is 6.92 Å². The lowest BCUT2D eigenvalue weighted by atomic mass is 9.92. The van der Waals surface area contributed by atoms with E-state index >= 15 is 0 Å². The second-order valence-electron chi connectivity index (χ2n) is 1.50. The molecule has 0 fully saturated rings.